The topological polar surface area (TPSA) is 58.6 Å². The van der Waals surface area contributed by atoms with E-state index < -0.39 is 6.10 Å². The lowest BCUT2D eigenvalue weighted by molar-refractivity contribution is -0.122. The molecular weight excluding hydrogens is 230 g/mol. The largest absolute Gasteiger partial charge is 0.388 e. The van der Waals surface area contributed by atoms with E-state index in [9.17, 15) is 9.90 Å². The number of ether oxygens (including phenoxy) is 1. The van der Waals surface area contributed by atoms with Crippen LogP contribution < -0.4 is 5.32 Å². The Morgan fingerprint density at radius 1 is 1.39 bits per heavy atom. The summed E-state index contributed by atoms with van der Waals surface area (Å²) in [6.45, 7) is 3.44. The fraction of sp³-hybridized carbons (Fsp3) is 0.500. The molecule has 18 heavy (non-hydrogen) atoms. The Bertz CT molecular complexity index is 340. The first-order valence-electron chi connectivity index (χ1n) is 6.31. The lowest BCUT2D eigenvalue weighted by atomic mass is 10.1. The van der Waals surface area contributed by atoms with Crippen LogP contribution in [0.5, 0.6) is 0 Å². The van der Waals surface area contributed by atoms with E-state index in [2.05, 4.69) is 5.32 Å². The summed E-state index contributed by atoms with van der Waals surface area (Å²) in [7, 11) is 0. The van der Waals surface area contributed by atoms with Gasteiger partial charge in [-0.1, -0.05) is 30.3 Å². The van der Waals surface area contributed by atoms with Gasteiger partial charge in [0.05, 0.1) is 12.7 Å². The first-order chi connectivity index (χ1) is 8.74. The number of carbonyl (C=O) groups is 1. The standard InChI is InChI=1S/C14H21NO3/c1-2-18-11-9-14(17)15-10-8-13(16)12-6-4-3-5-7-12/h3-7,13,16H,2,8-11H2,1H3,(H,15,17). The molecular formula is C14H21NO3. The maximum atomic E-state index is 11.4. The average molecular weight is 251 g/mol. The van der Waals surface area contributed by atoms with E-state index in [1.165, 1.54) is 0 Å². The molecule has 0 radical (unpaired) electrons. The van der Waals surface area contributed by atoms with Crippen LogP contribution >= 0.6 is 0 Å². The van der Waals surface area contributed by atoms with E-state index in [4.69, 9.17) is 4.74 Å². The molecule has 0 aliphatic carbocycles. The first kappa shape index (κ1) is 14.7. The van der Waals surface area contributed by atoms with E-state index in [0.717, 1.165) is 5.56 Å². The summed E-state index contributed by atoms with van der Waals surface area (Å²) in [4.78, 5) is 11.4. The molecule has 0 saturated heterocycles. The number of hydrogen-bond donors (Lipinski definition) is 2. The summed E-state index contributed by atoms with van der Waals surface area (Å²) >= 11 is 0. The van der Waals surface area contributed by atoms with E-state index in [0.29, 0.717) is 32.6 Å². The van der Waals surface area contributed by atoms with Crippen LogP contribution in [0.3, 0.4) is 0 Å². The van der Waals surface area contributed by atoms with E-state index in [1.807, 2.05) is 37.3 Å². The molecule has 0 aliphatic rings. The molecule has 0 heterocycles. The van der Waals surface area contributed by atoms with Gasteiger partial charge in [-0.15, -0.1) is 0 Å². The fourth-order valence-corrected chi connectivity index (χ4v) is 1.59. The zero-order valence-corrected chi connectivity index (χ0v) is 10.8. The van der Waals surface area contributed by atoms with Gasteiger partial charge in [0, 0.05) is 19.6 Å². The van der Waals surface area contributed by atoms with Crippen molar-refractivity contribution in [3.05, 3.63) is 35.9 Å². The molecule has 1 unspecified atom stereocenters. The number of amides is 1. The van der Waals surface area contributed by atoms with Crippen molar-refractivity contribution in [1.29, 1.82) is 0 Å². The van der Waals surface area contributed by atoms with Gasteiger partial charge in [-0.05, 0) is 18.9 Å². The Morgan fingerprint density at radius 3 is 2.78 bits per heavy atom. The van der Waals surface area contributed by atoms with Gasteiger partial charge in [-0.3, -0.25) is 4.79 Å². The van der Waals surface area contributed by atoms with Crippen molar-refractivity contribution in [3.63, 3.8) is 0 Å². The van der Waals surface area contributed by atoms with Crippen LogP contribution in [-0.2, 0) is 9.53 Å². The second-order valence-corrected chi connectivity index (χ2v) is 4.01. The first-order valence-corrected chi connectivity index (χ1v) is 6.31. The van der Waals surface area contributed by atoms with Gasteiger partial charge in [0.2, 0.25) is 5.91 Å². The van der Waals surface area contributed by atoms with Crippen molar-refractivity contribution in [3.8, 4) is 0 Å². The van der Waals surface area contributed by atoms with Crippen LogP contribution in [0.2, 0.25) is 0 Å². The van der Waals surface area contributed by atoms with Crippen LogP contribution in [0.25, 0.3) is 0 Å². The van der Waals surface area contributed by atoms with Gasteiger partial charge in [-0.2, -0.15) is 0 Å². The molecule has 2 N–H and O–H groups in total. The maximum Gasteiger partial charge on any atom is 0.222 e. The Hall–Kier alpha value is -1.39. The highest BCUT2D eigenvalue weighted by molar-refractivity contribution is 5.75. The quantitative estimate of drug-likeness (QED) is 0.691. The maximum absolute atomic E-state index is 11.4. The molecule has 0 fully saturated rings. The predicted molar refractivity (Wildman–Crippen MR) is 70.1 cm³/mol. The molecule has 1 atom stereocenters. The van der Waals surface area contributed by atoms with Crippen LogP contribution in [-0.4, -0.2) is 30.8 Å². The van der Waals surface area contributed by atoms with Crippen LogP contribution in [0.4, 0.5) is 0 Å². The van der Waals surface area contributed by atoms with Crippen LogP contribution in [0.15, 0.2) is 30.3 Å². The van der Waals surface area contributed by atoms with Gasteiger partial charge >= 0.3 is 0 Å². The third kappa shape index (κ3) is 5.80. The number of rotatable bonds is 8. The summed E-state index contributed by atoms with van der Waals surface area (Å²) < 4.78 is 5.09. The normalized spacial score (nSPS) is 12.1. The Labute approximate surface area is 108 Å². The highest BCUT2D eigenvalue weighted by Gasteiger charge is 2.07. The average Bonchev–Trinajstić information content (AvgIpc) is 2.40. The summed E-state index contributed by atoms with van der Waals surface area (Å²) in [5.41, 5.74) is 0.876. The van der Waals surface area contributed by atoms with E-state index in [-0.39, 0.29) is 5.91 Å². The van der Waals surface area contributed by atoms with Crippen molar-refractivity contribution in [2.45, 2.75) is 25.9 Å². The minimum absolute atomic E-state index is 0.0382. The molecule has 1 rings (SSSR count). The molecule has 4 nitrogen and oxygen atoms in total. The van der Waals surface area contributed by atoms with Gasteiger partial charge in [0.15, 0.2) is 0 Å². The van der Waals surface area contributed by atoms with Gasteiger partial charge < -0.3 is 15.2 Å². The summed E-state index contributed by atoms with van der Waals surface area (Å²) in [5.74, 6) is -0.0382. The van der Waals surface area contributed by atoms with Crippen molar-refractivity contribution in [2.75, 3.05) is 19.8 Å². The molecule has 0 aliphatic heterocycles. The molecule has 1 amide bonds. The number of hydrogen-bond acceptors (Lipinski definition) is 3. The molecule has 1 aromatic rings. The smallest absolute Gasteiger partial charge is 0.222 e. The minimum atomic E-state index is -0.529. The summed E-state index contributed by atoms with van der Waals surface area (Å²) in [6.07, 6.45) is 0.359. The van der Waals surface area contributed by atoms with Crippen LogP contribution in [0.1, 0.15) is 31.4 Å². The van der Waals surface area contributed by atoms with Gasteiger partial charge in [0.1, 0.15) is 0 Å². The minimum Gasteiger partial charge on any atom is -0.388 e. The molecule has 0 spiro atoms. The highest BCUT2D eigenvalue weighted by atomic mass is 16.5. The summed E-state index contributed by atoms with van der Waals surface area (Å²) in [5, 5.41) is 12.6. The predicted octanol–water partition coefficient (Wildman–Crippen LogP) is 1.65. The Kier molecular flexibility index (Phi) is 7.06. The third-order valence-corrected chi connectivity index (χ3v) is 2.60. The number of benzene rings is 1. The molecule has 100 valence electrons. The molecule has 0 saturated carbocycles. The fourth-order valence-electron chi connectivity index (χ4n) is 1.59. The molecule has 0 aromatic heterocycles. The summed E-state index contributed by atoms with van der Waals surface area (Å²) in [6, 6.07) is 9.44. The van der Waals surface area contributed by atoms with E-state index >= 15 is 0 Å². The zero-order valence-electron chi connectivity index (χ0n) is 10.8. The Balaban J connectivity index is 2.16. The second-order valence-electron chi connectivity index (χ2n) is 4.01. The SMILES string of the molecule is CCOCCC(=O)NCCC(O)c1ccccc1. The van der Waals surface area contributed by atoms with E-state index in [1.54, 1.807) is 0 Å². The molecule has 1 aromatic carbocycles. The Morgan fingerprint density at radius 2 is 2.11 bits per heavy atom. The second kappa shape index (κ2) is 8.66. The van der Waals surface area contributed by atoms with Crippen molar-refractivity contribution in [1.82, 2.24) is 5.32 Å². The molecule has 4 heteroatoms. The van der Waals surface area contributed by atoms with Crippen molar-refractivity contribution >= 4 is 5.91 Å². The lowest BCUT2D eigenvalue weighted by Crippen LogP contribution is -2.26. The van der Waals surface area contributed by atoms with Gasteiger partial charge in [0.25, 0.3) is 0 Å². The van der Waals surface area contributed by atoms with Gasteiger partial charge in [-0.25, -0.2) is 0 Å². The number of aliphatic hydroxyl groups is 1. The van der Waals surface area contributed by atoms with Crippen molar-refractivity contribution in [2.24, 2.45) is 0 Å². The molecule has 0 bridgehead atoms. The zero-order chi connectivity index (χ0) is 13.2. The highest BCUT2D eigenvalue weighted by Crippen LogP contribution is 2.14. The third-order valence-electron chi connectivity index (χ3n) is 2.60. The van der Waals surface area contributed by atoms with Crippen LogP contribution in [0, 0.1) is 0 Å². The number of nitrogens with one attached hydrogen (secondary N) is 1. The number of carbonyl (C=O) groups excluding carboxylic acids is 1. The monoisotopic (exact) mass is 251 g/mol. The van der Waals surface area contributed by atoms with Crippen molar-refractivity contribution < 1.29 is 14.6 Å². The lowest BCUT2D eigenvalue weighted by Gasteiger charge is -2.11. The number of aliphatic hydroxyl groups excluding tert-OH is 1.